The van der Waals surface area contributed by atoms with E-state index in [2.05, 4.69) is 26.1 Å². The Morgan fingerprint density at radius 1 is 1.29 bits per heavy atom. The fourth-order valence-electron chi connectivity index (χ4n) is 2.75. The Morgan fingerprint density at radius 3 is 2.47 bits per heavy atom. The summed E-state index contributed by atoms with van der Waals surface area (Å²) in [5, 5.41) is 3.60. The number of rotatable bonds is 5. The molecule has 0 unspecified atom stereocenters. The van der Waals surface area contributed by atoms with Crippen molar-refractivity contribution < 1.29 is 8.42 Å². The van der Waals surface area contributed by atoms with Crippen LogP contribution in [0.2, 0.25) is 0 Å². The maximum absolute atomic E-state index is 11.1. The van der Waals surface area contributed by atoms with Crippen molar-refractivity contribution in [2.24, 2.45) is 11.8 Å². The normalized spacial score (nSPS) is 32.4. The predicted octanol–water partition coefficient (Wildman–Crippen LogP) is 2.22. The first-order chi connectivity index (χ1) is 7.78. The second kappa shape index (κ2) is 6.19. The largest absolute Gasteiger partial charge is 0.311 e. The molecule has 102 valence electrons. The van der Waals surface area contributed by atoms with Gasteiger partial charge < -0.3 is 5.32 Å². The molecular formula is C13H27NO2S. The summed E-state index contributed by atoms with van der Waals surface area (Å²) in [6, 6.07) is 0.867. The van der Waals surface area contributed by atoms with Crippen molar-refractivity contribution in [3.63, 3.8) is 0 Å². The van der Waals surface area contributed by atoms with Gasteiger partial charge in [0.15, 0.2) is 0 Å². The first-order valence-corrected chi connectivity index (χ1v) is 8.77. The van der Waals surface area contributed by atoms with Gasteiger partial charge in [-0.1, -0.05) is 13.8 Å². The third kappa shape index (κ3) is 5.87. The molecule has 0 aromatic rings. The second-order valence-electron chi connectivity index (χ2n) is 5.99. The average molecular weight is 261 g/mol. The lowest BCUT2D eigenvalue weighted by atomic mass is 9.79. The first kappa shape index (κ1) is 15.0. The Morgan fingerprint density at radius 2 is 1.94 bits per heavy atom. The van der Waals surface area contributed by atoms with Crippen LogP contribution in [0, 0.1) is 11.8 Å². The summed E-state index contributed by atoms with van der Waals surface area (Å²) in [7, 11) is -2.82. The molecule has 0 aromatic heterocycles. The molecule has 1 saturated carbocycles. The molecule has 1 N–H and O–H groups in total. The molecule has 4 heteroatoms. The minimum Gasteiger partial charge on any atom is -0.311 e. The first-order valence-electron chi connectivity index (χ1n) is 6.71. The van der Waals surface area contributed by atoms with Crippen molar-refractivity contribution in [2.45, 2.75) is 58.5 Å². The fourth-order valence-corrected chi connectivity index (χ4v) is 3.53. The van der Waals surface area contributed by atoms with Crippen molar-refractivity contribution in [1.29, 1.82) is 0 Å². The van der Waals surface area contributed by atoms with Crippen LogP contribution in [-0.4, -0.2) is 32.5 Å². The van der Waals surface area contributed by atoms with Crippen molar-refractivity contribution >= 4 is 9.84 Å². The molecule has 1 aliphatic carbocycles. The van der Waals surface area contributed by atoms with Crippen molar-refractivity contribution in [1.82, 2.24) is 5.32 Å². The van der Waals surface area contributed by atoms with E-state index in [-0.39, 0.29) is 0 Å². The SMILES string of the molecule is C[C@@H]1CC[C@H](N[C@@H](C)CCS(C)(=O)=O)[C@@H](C)C1. The highest BCUT2D eigenvalue weighted by Gasteiger charge is 2.26. The summed E-state index contributed by atoms with van der Waals surface area (Å²) in [6.45, 7) is 6.71. The highest BCUT2D eigenvalue weighted by molar-refractivity contribution is 7.90. The summed E-state index contributed by atoms with van der Waals surface area (Å²) < 4.78 is 22.2. The van der Waals surface area contributed by atoms with E-state index < -0.39 is 9.84 Å². The predicted molar refractivity (Wildman–Crippen MR) is 72.9 cm³/mol. The van der Waals surface area contributed by atoms with Crippen LogP contribution < -0.4 is 5.32 Å². The maximum atomic E-state index is 11.1. The highest BCUT2D eigenvalue weighted by atomic mass is 32.2. The van der Waals surface area contributed by atoms with E-state index in [0.717, 1.165) is 12.3 Å². The van der Waals surface area contributed by atoms with Gasteiger partial charge in [-0.2, -0.15) is 0 Å². The Labute approximate surface area is 106 Å². The zero-order valence-electron chi connectivity index (χ0n) is 11.6. The van der Waals surface area contributed by atoms with E-state index in [1.165, 1.54) is 25.5 Å². The Kier molecular flexibility index (Phi) is 5.45. The number of hydrogen-bond acceptors (Lipinski definition) is 3. The minimum atomic E-state index is -2.82. The van der Waals surface area contributed by atoms with E-state index in [4.69, 9.17) is 0 Å². The van der Waals surface area contributed by atoms with Crippen LogP contribution in [0.15, 0.2) is 0 Å². The lowest BCUT2D eigenvalue weighted by molar-refractivity contribution is 0.215. The summed E-state index contributed by atoms with van der Waals surface area (Å²) in [4.78, 5) is 0. The van der Waals surface area contributed by atoms with Gasteiger partial charge in [0.25, 0.3) is 0 Å². The van der Waals surface area contributed by atoms with Gasteiger partial charge >= 0.3 is 0 Å². The Hall–Kier alpha value is -0.0900. The third-order valence-corrected chi connectivity index (χ3v) is 4.83. The molecule has 1 aliphatic rings. The molecule has 0 aromatic carbocycles. The van der Waals surface area contributed by atoms with Gasteiger partial charge in [-0.25, -0.2) is 8.42 Å². The molecular weight excluding hydrogens is 234 g/mol. The van der Waals surface area contributed by atoms with Crippen LogP contribution in [0.4, 0.5) is 0 Å². The average Bonchev–Trinajstić information content (AvgIpc) is 2.18. The van der Waals surface area contributed by atoms with Gasteiger partial charge in [-0.15, -0.1) is 0 Å². The van der Waals surface area contributed by atoms with Crippen LogP contribution in [0.3, 0.4) is 0 Å². The highest BCUT2D eigenvalue weighted by Crippen LogP contribution is 2.28. The summed E-state index contributed by atoms with van der Waals surface area (Å²) >= 11 is 0. The van der Waals surface area contributed by atoms with Gasteiger partial charge in [-0.05, 0) is 44.4 Å². The van der Waals surface area contributed by atoms with Gasteiger partial charge in [-0.3, -0.25) is 0 Å². The number of sulfone groups is 1. The van der Waals surface area contributed by atoms with E-state index in [1.807, 2.05) is 0 Å². The minimum absolute atomic E-state index is 0.290. The van der Waals surface area contributed by atoms with Crippen molar-refractivity contribution in [2.75, 3.05) is 12.0 Å². The topological polar surface area (TPSA) is 46.2 Å². The molecule has 1 fully saturated rings. The zero-order valence-corrected chi connectivity index (χ0v) is 12.4. The molecule has 0 saturated heterocycles. The van der Waals surface area contributed by atoms with E-state index >= 15 is 0 Å². The Balaban J connectivity index is 2.33. The van der Waals surface area contributed by atoms with Crippen LogP contribution in [0.25, 0.3) is 0 Å². The third-order valence-electron chi connectivity index (χ3n) is 3.85. The monoisotopic (exact) mass is 261 g/mol. The van der Waals surface area contributed by atoms with Crippen LogP contribution in [-0.2, 0) is 9.84 Å². The van der Waals surface area contributed by atoms with E-state index in [9.17, 15) is 8.42 Å². The number of hydrogen-bond donors (Lipinski definition) is 1. The van der Waals surface area contributed by atoms with Crippen molar-refractivity contribution in [3.05, 3.63) is 0 Å². The molecule has 0 heterocycles. The molecule has 0 spiro atoms. The maximum Gasteiger partial charge on any atom is 0.147 e. The summed E-state index contributed by atoms with van der Waals surface area (Å²) in [5.74, 6) is 1.84. The zero-order chi connectivity index (χ0) is 13.1. The fraction of sp³-hybridized carbons (Fsp3) is 1.00. The van der Waals surface area contributed by atoms with Gasteiger partial charge in [0.1, 0.15) is 9.84 Å². The molecule has 3 nitrogen and oxygen atoms in total. The quantitative estimate of drug-likeness (QED) is 0.825. The lowest BCUT2D eigenvalue weighted by Gasteiger charge is -2.35. The van der Waals surface area contributed by atoms with Gasteiger partial charge in [0.2, 0.25) is 0 Å². The summed E-state index contributed by atoms with van der Waals surface area (Å²) in [6.07, 6.45) is 5.84. The number of nitrogens with one attached hydrogen (secondary N) is 1. The van der Waals surface area contributed by atoms with Gasteiger partial charge in [0.05, 0.1) is 5.75 Å². The van der Waals surface area contributed by atoms with Gasteiger partial charge in [0, 0.05) is 18.3 Å². The van der Waals surface area contributed by atoms with Crippen molar-refractivity contribution in [3.8, 4) is 0 Å². The van der Waals surface area contributed by atoms with E-state index in [0.29, 0.717) is 23.8 Å². The molecule has 0 amide bonds. The smallest absolute Gasteiger partial charge is 0.147 e. The molecule has 4 atom stereocenters. The molecule has 0 radical (unpaired) electrons. The molecule has 0 bridgehead atoms. The molecule has 17 heavy (non-hydrogen) atoms. The standard InChI is InChI=1S/C13H27NO2S/c1-10-5-6-13(11(2)9-10)14-12(3)7-8-17(4,15)16/h10-14H,5-9H2,1-4H3/t10-,11+,12+,13+/m1/s1. The second-order valence-corrected chi connectivity index (χ2v) is 8.25. The summed E-state index contributed by atoms with van der Waals surface area (Å²) in [5.41, 5.74) is 0. The van der Waals surface area contributed by atoms with Crippen LogP contribution in [0.5, 0.6) is 0 Å². The Bertz CT molecular complexity index is 326. The van der Waals surface area contributed by atoms with Crippen LogP contribution >= 0.6 is 0 Å². The lowest BCUT2D eigenvalue weighted by Crippen LogP contribution is -2.44. The molecule has 1 rings (SSSR count). The molecule has 0 aliphatic heterocycles. The van der Waals surface area contributed by atoms with Crippen LogP contribution in [0.1, 0.15) is 46.5 Å². The van der Waals surface area contributed by atoms with E-state index in [1.54, 1.807) is 0 Å².